The van der Waals surface area contributed by atoms with Gasteiger partial charge in [0, 0.05) is 0 Å². The first-order valence-electron chi connectivity index (χ1n) is 5.75. The molecule has 92 valence electrons. The Morgan fingerprint density at radius 3 is 2.19 bits per heavy atom. The second-order valence-electron chi connectivity index (χ2n) is 5.24. The van der Waals surface area contributed by atoms with Crippen molar-refractivity contribution in [1.29, 1.82) is 0 Å². The minimum atomic E-state index is -0.556. The van der Waals surface area contributed by atoms with Gasteiger partial charge in [-0.25, -0.2) is 0 Å². The summed E-state index contributed by atoms with van der Waals surface area (Å²) in [5.74, 6) is -0.584. The molecule has 1 rings (SSSR count). The first kappa shape index (κ1) is 13.0. The highest BCUT2D eigenvalue weighted by molar-refractivity contribution is 5.76. The van der Waals surface area contributed by atoms with Gasteiger partial charge in [-0.2, -0.15) is 0 Å². The van der Waals surface area contributed by atoms with Crippen LogP contribution in [0.4, 0.5) is 0 Å². The minimum absolute atomic E-state index is 0.00772. The zero-order valence-electron chi connectivity index (χ0n) is 10.2. The molecule has 0 amide bonds. The maximum absolute atomic E-state index is 11.5. The highest BCUT2D eigenvalue weighted by Gasteiger charge is 2.26. The molecule has 1 aliphatic rings. The summed E-state index contributed by atoms with van der Waals surface area (Å²) in [5, 5.41) is 0. The summed E-state index contributed by atoms with van der Waals surface area (Å²) < 4.78 is 9.76. The van der Waals surface area contributed by atoms with E-state index < -0.39 is 5.41 Å². The lowest BCUT2D eigenvalue weighted by Crippen LogP contribution is -2.25. The number of ether oxygens (including phenoxy) is 2. The van der Waals surface area contributed by atoms with E-state index in [1.165, 1.54) is 0 Å². The number of hydrogen-bond acceptors (Lipinski definition) is 4. The van der Waals surface area contributed by atoms with Gasteiger partial charge in [0.05, 0.1) is 11.3 Å². The summed E-state index contributed by atoms with van der Waals surface area (Å²) >= 11 is 0. The molecule has 4 nitrogen and oxygen atoms in total. The van der Waals surface area contributed by atoms with E-state index in [4.69, 9.17) is 9.47 Å². The van der Waals surface area contributed by atoms with Crippen molar-refractivity contribution in [2.45, 2.75) is 46.5 Å². The molecule has 0 aromatic carbocycles. The van der Waals surface area contributed by atoms with Crippen molar-refractivity contribution in [2.24, 2.45) is 11.3 Å². The zero-order valence-corrected chi connectivity index (χ0v) is 10.2. The second-order valence-corrected chi connectivity index (χ2v) is 5.24. The van der Waals surface area contributed by atoms with E-state index in [1.54, 1.807) is 20.8 Å². The van der Waals surface area contributed by atoms with Crippen molar-refractivity contribution in [3.63, 3.8) is 0 Å². The average Bonchev–Trinajstić information content (AvgIpc) is 2.68. The summed E-state index contributed by atoms with van der Waals surface area (Å²) in [7, 11) is 0. The Bertz CT molecular complexity index is 259. The van der Waals surface area contributed by atoms with E-state index in [-0.39, 0.29) is 24.6 Å². The second kappa shape index (κ2) is 5.32. The minimum Gasteiger partial charge on any atom is -0.428 e. The Balaban J connectivity index is 2.20. The molecule has 0 heterocycles. The van der Waals surface area contributed by atoms with Crippen molar-refractivity contribution < 1.29 is 19.1 Å². The van der Waals surface area contributed by atoms with E-state index in [1.807, 2.05) is 0 Å². The highest BCUT2D eigenvalue weighted by atomic mass is 16.7. The first-order chi connectivity index (χ1) is 7.41. The van der Waals surface area contributed by atoms with E-state index in [0.29, 0.717) is 0 Å². The van der Waals surface area contributed by atoms with Gasteiger partial charge in [0.25, 0.3) is 0 Å². The molecular formula is C12H20O4. The van der Waals surface area contributed by atoms with Gasteiger partial charge in [-0.05, 0) is 33.6 Å². The van der Waals surface area contributed by atoms with Crippen LogP contribution in [0.5, 0.6) is 0 Å². The smallest absolute Gasteiger partial charge is 0.314 e. The predicted octanol–water partition coefficient (Wildman–Crippen LogP) is 2.27. The molecule has 1 aliphatic carbocycles. The number of hydrogen-bond donors (Lipinski definition) is 0. The number of carbonyl (C=O) groups excluding carboxylic acids is 2. The average molecular weight is 228 g/mol. The van der Waals surface area contributed by atoms with E-state index in [2.05, 4.69) is 0 Å². The normalized spacial score (nSPS) is 17.2. The van der Waals surface area contributed by atoms with Gasteiger partial charge < -0.3 is 9.47 Å². The summed E-state index contributed by atoms with van der Waals surface area (Å²) in [6.07, 6.45) is 3.96. The summed E-state index contributed by atoms with van der Waals surface area (Å²) in [5.41, 5.74) is -0.556. The van der Waals surface area contributed by atoms with Crippen molar-refractivity contribution in [2.75, 3.05) is 6.79 Å². The van der Waals surface area contributed by atoms with Crippen LogP contribution >= 0.6 is 0 Å². The van der Waals surface area contributed by atoms with Crippen molar-refractivity contribution in [3.05, 3.63) is 0 Å². The number of rotatable bonds is 3. The van der Waals surface area contributed by atoms with Gasteiger partial charge in [-0.3, -0.25) is 9.59 Å². The highest BCUT2D eigenvalue weighted by Crippen LogP contribution is 2.25. The Hall–Kier alpha value is -1.06. The first-order valence-corrected chi connectivity index (χ1v) is 5.75. The van der Waals surface area contributed by atoms with Gasteiger partial charge in [0.15, 0.2) is 0 Å². The topological polar surface area (TPSA) is 52.6 Å². The quantitative estimate of drug-likeness (QED) is 0.549. The Labute approximate surface area is 96.3 Å². The molecule has 0 unspecified atom stereocenters. The summed E-state index contributed by atoms with van der Waals surface area (Å²) in [4.78, 5) is 22.8. The van der Waals surface area contributed by atoms with E-state index in [9.17, 15) is 9.59 Å². The largest absolute Gasteiger partial charge is 0.428 e. The van der Waals surface area contributed by atoms with E-state index in [0.717, 1.165) is 25.7 Å². The molecule has 1 fully saturated rings. The molecule has 4 heteroatoms. The third-order valence-electron chi connectivity index (χ3n) is 2.69. The van der Waals surface area contributed by atoms with Crippen molar-refractivity contribution in [1.82, 2.24) is 0 Å². The maximum atomic E-state index is 11.5. The van der Waals surface area contributed by atoms with Gasteiger partial charge in [0.2, 0.25) is 6.79 Å². The molecule has 0 saturated heterocycles. The van der Waals surface area contributed by atoms with Crippen LogP contribution in [0.15, 0.2) is 0 Å². The van der Waals surface area contributed by atoms with Crippen molar-refractivity contribution >= 4 is 11.9 Å². The molecule has 0 spiro atoms. The molecule has 0 aromatic heterocycles. The third-order valence-corrected chi connectivity index (χ3v) is 2.69. The number of carbonyl (C=O) groups is 2. The van der Waals surface area contributed by atoms with Crippen LogP contribution in [-0.2, 0) is 19.1 Å². The summed E-state index contributed by atoms with van der Waals surface area (Å²) in [6, 6.07) is 0. The van der Waals surface area contributed by atoms with Crippen LogP contribution in [0, 0.1) is 11.3 Å². The Morgan fingerprint density at radius 1 is 1.12 bits per heavy atom. The van der Waals surface area contributed by atoms with Crippen LogP contribution in [0.2, 0.25) is 0 Å². The van der Waals surface area contributed by atoms with Gasteiger partial charge >= 0.3 is 11.9 Å². The van der Waals surface area contributed by atoms with Crippen LogP contribution in [0.1, 0.15) is 46.5 Å². The Kier molecular flexibility index (Phi) is 4.33. The van der Waals surface area contributed by atoms with E-state index >= 15 is 0 Å². The van der Waals surface area contributed by atoms with Gasteiger partial charge in [-0.1, -0.05) is 12.8 Å². The maximum Gasteiger partial charge on any atom is 0.314 e. The van der Waals surface area contributed by atoms with Crippen LogP contribution in [0.25, 0.3) is 0 Å². The van der Waals surface area contributed by atoms with Crippen LogP contribution in [-0.4, -0.2) is 18.7 Å². The lowest BCUT2D eigenvalue weighted by Gasteiger charge is -2.17. The van der Waals surface area contributed by atoms with Gasteiger partial charge in [0.1, 0.15) is 0 Å². The lowest BCUT2D eigenvalue weighted by molar-refractivity contribution is -0.175. The fourth-order valence-electron chi connectivity index (χ4n) is 1.64. The molecular weight excluding hydrogens is 208 g/mol. The number of esters is 2. The zero-order chi connectivity index (χ0) is 12.2. The fourth-order valence-corrected chi connectivity index (χ4v) is 1.64. The molecule has 0 bridgehead atoms. The molecule has 0 radical (unpaired) electrons. The van der Waals surface area contributed by atoms with Crippen molar-refractivity contribution in [3.8, 4) is 0 Å². The Morgan fingerprint density at radius 2 is 1.69 bits per heavy atom. The predicted molar refractivity (Wildman–Crippen MR) is 58.5 cm³/mol. The SMILES string of the molecule is CC(C)(C)C(=O)OCOC(=O)C1CCCC1. The lowest BCUT2D eigenvalue weighted by atomic mass is 9.98. The van der Waals surface area contributed by atoms with Crippen LogP contribution < -0.4 is 0 Å². The van der Waals surface area contributed by atoms with Crippen LogP contribution in [0.3, 0.4) is 0 Å². The molecule has 1 saturated carbocycles. The molecule has 16 heavy (non-hydrogen) atoms. The van der Waals surface area contributed by atoms with Gasteiger partial charge in [-0.15, -0.1) is 0 Å². The standard InChI is InChI=1S/C12H20O4/c1-12(2,3)11(14)16-8-15-10(13)9-6-4-5-7-9/h9H,4-8H2,1-3H3. The monoisotopic (exact) mass is 228 g/mol. The molecule has 0 aliphatic heterocycles. The molecule has 0 aromatic rings. The molecule has 0 atom stereocenters. The fraction of sp³-hybridized carbons (Fsp3) is 0.833. The molecule has 0 N–H and O–H groups in total. The summed E-state index contributed by atoms with van der Waals surface area (Å²) in [6.45, 7) is 5.02. The third kappa shape index (κ3) is 3.83.